The van der Waals surface area contributed by atoms with E-state index in [4.69, 9.17) is 5.11 Å². The van der Waals surface area contributed by atoms with Crippen LogP contribution in [-0.4, -0.2) is 23.5 Å². The van der Waals surface area contributed by atoms with Crippen LogP contribution in [0, 0.1) is 0 Å². The molecule has 0 saturated carbocycles. The van der Waals surface area contributed by atoms with E-state index in [0.29, 0.717) is 0 Å². The first kappa shape index (κ1) is 11.6. The zero-order valence-corrected chi connectivity index (χ0v) is 9.48. The quantitative estimate of drug-likeness (QED) is 0.824. The Kier molecular flexibility index (Phi) is 3.42. The van der Waals surface area contributed by atoms with Gasteiger partial charge < -0.3 is 10.4 Å². The summed E-state index contributed by atoms with van der Waals surface area (Å²) in [5.74, 6) is -1.06. The number of carbonyl (C=O) groups excluding carboxylic acids is 1. The summed E-state index contributed by atoms with van der Waals surface area (Å²) in [5, 5.41) is 11.2. The van der Waals surface area contributed by atoms with Gasteiger partial charge in [0.2, 0.25) is 5.91 Å². The summed E-state index contributed by atoms with van der Waals surface area (Å²) in [5.41, 5.74) is 2.31. The molecule has 1 aliphatic carbocycles. The standard InChI is InChI=1S/C13H15NO3/c15-12(16)7-8-14-13(17)11-6-5-9-3-1-2-4-10(9)11/h1-4,11H,5-8H2,(H,14,17)(H,15,16). The molecule has 90 valence electrons. The normalized spacial score (nSPS) is 17.5. The second-order valence-corrected chi connectivity index (χ2v) is 4.22. The van der Waals surface area contributed by atoms with Crippen LogP contribution in [0.2, 0.25) is 0 Å². The summed E-state index contributed by atoms with van der Waals surface area (Å²) in [6.07, 6.45) is 1.71. The van der Waals surface area contributed by atoms with Gasteiger partial charge in [0.25, 0.3) is 0 Å². The molecule has 1 amide bonds. The summed E-state index contributed by atoms with van der Waals surface area (Å²) in [7, 11) is 0. The number of amides is 1. The highest BCUT2D eigenvalue weighted by molar-refractivity contribution is 5.85. The fourth-order valence-electron chi connectivity index (χ4n) is 2.25. The van der Waals surface area contributed by atoms with Crippen LogP contribution in [-0.2, 0) is 16.0 Å². The van der Waals surface area contributed by atoms with Gasteiger partial charge in [0.1, 0.15) is 0 Å². The van der Waals surface area contributed by atoms with Crippen LogP contribution < -0.4 is 5.32 Å². The molecule has 2 rings (SSSR count). The first-order valence-electron chi connectivity index (χ1n) is 5.76. The minimum Gasteiger partial charge on any atom is -0.481 e. The van der Waals surface area contributed by atoms with E-state index >= 15 is 0 Å². The van der Waals surface area contributed by atoms with Crippen molar-refractivity contribution in [3.05, 3.63) is 35.4 Å². The van der Waals surface area contributed by atoms with E-state index in [9.17, 15) is 9.59 Å². The van der Waals surface area contributed by atoms with Crippen molar-refractivity contribution in [1.82, 2.24) is 5.32 Å². The van der Waals surface area contributed by atoms with Crippen molar-refractivity contribution in [2.45, 2.75) is 25.2 Å². The average molecular weight is 233 g/mol. The van der Waals surface area contributed by atoms with E-state index in [1.165, 1.54) is 5.56 Å². The lowest BCUT2D eigenvalue weighted by Crippen LogP contribution is -2.30. The first-order chi connectivity index (χ1) is 8.18. The van der Waals surface area contributed by atoms with Crippen LogP contribution in [0.1, 0.15) is 29.9 Å². The minimum atomic E-state index is -0.892. The molecule has 0 bridgehead atoms. The molecule has 0 aromatic heterocycles. The van der Waals surface area contributed by atoms with Gasteiger partial charge >= 0.3 is 5.97 Å². The molecular formula is C13H15NO3. The summed E-state index contributed by atoms with van der Waals surface area (Å²) in [6.45, 7) is 0.201. The van der Waals surface area contributed by atoms with Gasteiger partial charge in [-0.25, -0.2) is 0 Å². The van der Waals surface area contributed by atoms with Gasteiger partial charge in [-0.2, -0.15) is 0 Å². The maximum Gasteiger partial charge on any atom is 0.305 e. The number of hydrogen-bond acceptors (Lipinski definition) is 2. The molecule has 1 aromatic carbocycles. The van der Waals surface area contributed by atoms with Crippen LogP contribution in [0.4, 0.5) is 0 Å². The number of fused-ring (bicyclic) bond motifs is 1. The molecule has 0 spiro atoms. The molecule has 0 aliphatic heterocycles. The number of nitrogens with one attached hydrogen (secondary N) is 1. The lowest BCUT2D eigenvalue weighted by molar-refractivity contribution is -0.136. The van der Waals surface area contributed by atoms with Gasteiger partial charge in [0.15, 0.2) is 0 Å². The van der Waals surface area contributed by atoms with E-state index in [1.54, 1.807) is 0 Å². The fraction of sp³-hybridized carbons (Fsp3) is 0.385. The molecule has 1 unspecified atom stereocenters. The van der Waals surface area contributed by atoms with Crippen LogP contribution in [0.5, 0.6) is 0 Å². The van der Waals surface area contributed by atoms with Gasteiger partial charge in [-0.15, -0.1) is 0 Å². The number of rotatable bonds is 4. The molecule has 1 atom stereocenters. The van der Waals surface area contributed by atoms with Crippen LogP contribution in [0.15, 0.2) is 24.3 Å². The monoisotopic (exact) mass is 233 g/mol. The number of aryl methyl sites for hydroxylation is 1. The van der Waals surface area contributed by atoms with E-state index in [-0.39, 0.29) is 24.8 Å². The average Bonchev–Trinajstić information content (AvgIpc) is 2.72. The minimum absolute atomic E-state index is 0.0277. The molecule has 1 aliphatic rings. The highest BCUT2D eigenvalue weighted by atomic mass is 16.4. The van der Waals surface area contributed by atoms with Crippen molar-refractivity contribution in [2.75, 3.05) is 6.54 Å². The molecule has 17 heavy (non-hydrogen) atoms. The maximum atomic E-state index is 11.9. The number of benzene rings is 1. The van der Waals surface area contributed by atoms with Crippen LogP contribution in [0.3, 0.4) is 0 Å². The second kappa shape index (κ2) is 4.99. The molecule has 0 fully saturated rings. The molecule has 1 aromatic rings. The topological polar surface area (TPSA) is 66.4 Å². The lowest BCUT2D eigenvalue weighted by atomic mass is 10.0. The Hall–Kier alpha value is -1.84. The van der Waals surface area contributed by atoms with Gasteiger partial charge in [0.05, 0.1) is 12.3 Å². The zero-order chi connectivity index (χ0) is 12.3. The number of aliphatic carboxylic acids is 1. The smallest absolute Gasteiger partial charge is 0.305 e. The maximum absolute atomic E-state index is 11.9. The lowest BCUT2D eigenvalue weighted by Gasteiger charge is -2.11. The van der Waals surface area contributed by atoms with Crippen molar-refractivity contribution < 1.29 is 14.7 Å². The van der Waals surface area contributed by atoms with Crippen LogP contribution >= 0.6 is 0 Å². The third-order valence-corrected chi connectivity index (χ3v) is 3.09. The number of carboxylic acid groups (broad SMARTS) is 1. The summed E-state index contributed by atoms with van der Waals surface area (Å²) >= 11 is 0. The second-order valence-electron chi connectivity index (χ2n) is 4.22. The van der Waals surface area contributed by atoms with Gasteiger partial charge in [-0.05, 0) is 24.0 Å². The molecule has 0 heterocycles. The predicted octanol–water partition coefficient (Wildman–Crippen LogP) is 1.31. The molecule has 2 N–H and O–H groups in total. The Balaban J connectivity index is 1.96. The van der Waals surface area contributed by atoms with Crippen molar-refractivity contribution in [1.29, 1.82) is 0 Å². The Bertz CT molecular complexity index is 442. The molecule has 4 heteroatoms. The first-order valence-corrected chi connectivity index (χ1v) is 5.76. The Morgan fingerprint density at radius 3 is 2.88 bits per heavy atom. The van der Waals surface area contributed by atoms with Crippen molar-refractivity contribution >= 4 is 11.9 Å². The predicted molar refractivity (Wildman–Crippen MR) is 62.8 cm³/mol. The largest absolute Gasteiger partial charge is 0.481 e. The molecule has 0 radical (unpaired) electrons. The molecular weight excluding hydrogens is 218 g/mol. The van der Waals surface area contributed by atoms with Crippen molar-refractivity contribution in [3.8, 4) is 0 Å². The molecule has 4 nitrogen and oxygen atoms in total. The van der Waals surface area contributed by atoms with E-state index < -0.39 is 5.97 Å². The Morgan fingerprint density at radius 1 is 1.35 bits per heavy atom. The van der Waals surface area contributed by atoms with E-state index in [1.807, 2.05) is 24.3 Å². The summed E-state index contributed by atoms with van der Waals surface area (Å²) < 4.78 is 0. The van der Waals surface area contributed by atoms with E-state index in [2.05, 4.69) is 5.32 Å². The van der Waals surface area contributed by atoms with E-state index in [0.717, 1.165) is 18.4 Å². The van der Waals surface area contributed by atoms with Gasteiger partial charge in [0, 0.05) is 6.54 Å². The zero-order valence-electron chi connectivity index (χ0n) is 9.48. The van der Waals surface area contributed by atoms with Gasteiger partial charge in [-0.3, -0.25) is 9.59 Å². The van der Waals surface area contributed by atoms with Gasteiger partial charge in [-0.1, -0.05) is 24.3 Å². The SMILES string of the molecule is O=C(O)CCNC(=O)C1CCc2ccccc21. The van der Waals surface area contributed by atoms with Crippen LogP contribution in [0.25, 0.3) is 0 Å². The fourth-order valence-corrected chi connectivity index (χ4v) is 2.25. The van der Waals surface area contributed by atoms with Crippen molar-refractivity contribution in [2.24, 2.45) is 0 Å². The number of hydrogen-bond donors (Lipinski definition) is 2. The highest BCUT2D eigenvalue weighted by Crippen LogP contribution is 2.32. The highest BCUT2D eigenvalue weighted by Gasteiger charge is 2.27. The number of carboxylic acids is 1. The van der Waals surface area contributed by atoms with Crippen molar-refractivity contribution in [3.63, 3.8) is 0 Å². The Morgan fingerprint density at radius 2 is 2.12 bits per heavy atom. The Labute approximate surface area is 99.6 Å². The summed E-state index contributed by atoms with van der Waals surface area (Å²) in [6, 6.07) is 7.93. The summed E-state index contributed by atoms with van der Waals surface area (Å²) in [4.78, 5) is 22.2. The molecule has 0 saturated heterocycles. The third-order valence-electron chi connectivity index (χ3n) is 3.09. The third kappa shape index (κ3) is 2.64. The number of carbonyl (C=O) groups is 2.